The van der Waals surface area contributed by atoms with Crippen LogP contribution < -0.4 is 15.8 Å². The first-order valence-electron chi connectivity index (χ1n) is 5.80. The molecule has 0 aliphatic heterocycles. The van der Waals surface area contributed by atoms with E-state index in [-0.39, 0.29) is 5.91 Å². The number of amides is 1. The van der Waals surface area contributed by atoms with Crippen LogP contribution in [0.25, 0.3) is 0 Å². The van der Waals surface area contributed by atoms with Gasteiger partial charge in [0, 0.05) is 13.6 Å². The standard InChI is InChI=1S/C13H16N4O2/c1-17-12(11(14)8-16-17)13(18)15-7-9-4-3-5-10(6-9)19-2/h3-6,8H,7,14H2,1-2H3,(H,15,18). The molecule has 1 amide bonds. The molecule has 0 spiro atoms. The third kappa shape index (κ3) is 2.85. The molecule has 3 N–H and O–H groups in total. The van der Waals surface area contributed by atoms with E-state index in [1.807, 2.05) is 24.3 Å². The van der Waals surface area contributed by atoms with Gasteiger partial charge in [0.1, 0.15) is 11.4 Å². The first kappa shape index (κ1) is 12.9. The Bertz CT molecular complexity index is 573. The van der Waals surface area contributed by atoms with Gasteiger partial charge >= 0.3 is 0 Å². The number of benzene rings is 1. The van der Waals surface area contributed by atoms with Crippen LogP contribution in [0.3, 0.4) is 0 Å². The summed E-state index contributed by atoms with van der Waals surface area (Å²) in [5, 5.41) is 6.73. The van der Waals surface area contributed by atoms with Crippen LogP contribution in [-0.2, 0) is 13.6 Å². The molecule has 2 rings (SSSR count). The quantitative estimate of drug-likeness (QED) is 0.857. The van der Waals surface area contributed by atoms with Crippen LogP contribution in [0.5, 0.6) is 5.75 Å². The number of nitrogens with one attached hydrogen (secondary N) is 1. The first-order valence-corrected chi connectivity index (χ1v) is 5.80. The van der Waals surface area contributed by atoms with Crippen LogP contribution in [0.15, 0.2) is 30.5 Å². The van der Waals surface area contributed by atoms with Crippen molar-refractivity contribution < 1.29 is 9.53 Å². The summed E-state index contributed by atoms with van der Waals surface area (Å²) in [7, 11) is 3.28. The second-order valence-electron chi connectivity index (χ2n) is 4.11. The number of ether oxygens (including phenoxy) is 1. The van der Waals surface area contributed by atoms with Crippen LogP contribution in [0.1, 0.15) is 16.1 Å². The van der Waals surface area contributed by atoms with E-state index >= 15 is 0 Å². The zero-order valence-electron chi connectivity index (χ0n) is 10.9. The van der Waals surface area contributed by atoms with Crippen molar-refractivity contribution in [2.45, 2.75) is 6.54 Å². The molecule has 0 fully saturated rings. The van der Waals surface area contributed by atoms with E-state index in [4.69, 9.17) is 10.5 Å². The van der Waals surface area contributed by atoms with Crippen molar-refractivity contribution in [1.29, 1.82) is 0 Å². The molecule has 0 bridgehead atoms. The van der Waals surface area contributed by atoms with Crippen molar-refractivity contribution in [3.8, 4) is 5.75 Å². The maximum atomic E-state index is 12.0. The van der Waals surface area contributed by atoms with Gasteiger partial charge in [-0.3, -0.25) is 9.48 Å². The molecule has 6 heteroatoms. The van der Waals surface area contributed by atoms with Gasteiger partial charge in [-0.2, -0.15) is 5.10 Å². The van der Waals surface area contributed by atoms with E-state index in [2.05, 4.69) is 10.4 Å². The zero-order valence-corrected chi connectivity index (χ0v) is 10.9. The minimum absolute atomic E-state index is 0.250. The fourth-order valence-electron chi connectivity index (χ4n) is 1.78. The summed E-state index contributed by atoms with van der Waals surface area (Å²) in [6, 6.07) is 7.51. The fraction of sp³-hybridized carbons (Fsp3) is 0.231. The highest BCUT2D eigenvalue weighted by Crippen LogP contribution is 2.13. The van der Waals surface area contributed by atoms with Crippen LogP contribution in [0, 0.1) is 0 Å². The third-order valence-corrected chi connectivity index (χ3v) is 2.77. The molecule has 19 heavy (non-hydrogen) atoms. The van der Waals surface area contributed by atoms with Gasteiger partial charge in [-0.1, -0.05) is 12.1 Å². The van der Waals surface area contributed by atoms with Crippen LogP contribution in [-0.4, -0.2) is 22.8 Å². The Balaban J connectivity index is 2.04. The maximum absolute atomic E-state index is 12.0. The molecule has 2 aromatic rings. The van der Waals surface area contributed by atoms with Gasteiger partial charge in [0.25, 0.3) is 5.91 Å². The fourth-order valence-corrected chi connectivity index (χ4v) is 1.78. The summed E-state index contributed by atoms with van der Waals surface area (Å²) in [4.78, 5) is 12.0. The van der Waals surface area contributed by atoms with Gasteiger partial charge in [-0.15, -0.1) is 0 Å². The van der Waals surface area contributed by atoms with Crippen molar-refractivity contribution in [2.24, 2.45) is 7.05 Å². The number of aromatic nitrogens is 2. The molecule has 0 aliphatic rings. The largest absolute Gasteiger partial charge is 0.497 e. The normalized spacial score (nSPS) is 10.2. The van der Waals surface area contributed by atoms with E-state index in [1.165, 1.54) is 10.9 Å². The smallest absolute Gasteiger partial charge is 0.271 e. The number of hydrogen-bond donors (Lipinski definition) is 2. The number of nitrogen functional groups attached to an aromatic ring is 1. The maximum Gasteiger partial charge on any atom is 0.271 e. The first-order chi connectivity index (χ1) is 9.11. The number of carbonyl (C=O) groups excluding carboxylic acids is 1. The lowest BCUT2D eigenvalue weighted by molar-refractivity contribution is 0.0942. The molecule has 0 saturated carbocycles. The van der Waals surface area contributed by atoms with Crippen molar-refractivity contribution in [3.05, 3.63) is 41.7 Å². The van der Waals surface area contributed by atoms with Crippen LogP contribution >= 0.6 is 0 Å². The Morgan fingerprint density at radius 1 is 1.53 bits per heavy atom. The minimum atomic E-state index is -0.250. The Labute approximate surface area is 111 Å². The highest BCUT2D eigenvalue weighted by atomic mass is 16.5. The van der Waals surface area contributed by atoms with Gasteiger partial charge in [0.2, 0.25) is 0 Å². The van der Waals surface area contributed by atoms with Gasteiger partial charge in [-0.25, -0.2) is 0 Å². The molecule has 0 saturated heterocycles. The van der Waals surface area contributed by atoms with Crippen molar-refractivity contribution in [3.63, 3.8) is 0 Å². The lowest BCUT2D eigenvalue weighted by Gasteiger charge is -2.07. The highest BCUT2D eigenvalue weighted by Gasteiger charge is 2.14. The summed E-state index contributed by atoms with van der Waals surface area (Å²) >= 11 is 0. The minimum Gasteiger partial charge on any atom is -0.497 e. The van der Waals surface area contributed by atoms with E-state index in [0.717, 1.165) is 11.3 Å². The number of methoxy groups -OCH3 is 1. The SMILES string of the molecule is COc1cccc(CNC(=O)c2c(N)cnn2C)c1. The number of aryl methyl sites for hydroxylation is 1. The van der Waals surface area contributed by atoms with Gasteiger partial charge in [0.05, 0.1) is 19.0 Å². The molecule has 6 nitrogen and oxygen atoms in total. The lowest BCUT2D eigenvalue weighted by Crippen LogP contribution is -2.26. The number of hydrogen-bond acceptors (Lipinski definition) is 4. The molecular formula is C13H16N4O2. The molecule has 0 unspecified atom stereocenters. The van der Waals surface area contributed by atoms with E-state index in [0.29, 0.717) is 17.9 Å². The van der Waals surface area contributed by atoms with Crippen molar-refractivity contribution >= 4 is 11.6 Å². The monoisotopic (exact) mass is 260 g/mol. The van der Waals surface area contributed by atoms with Crippen LogP contribution in [0.4, 0.5) is 5.69 Å². The third-order valence-electron chi connectivity index (χ3n) is 2.77. The summed E-state index contributed by atoms with van der Waals surface area (Å²) in [5.41, 5.74) is 7.38. The molecule has 0 atom stereocenters. The molecule has 0 aliphatic carbocycles. The number of nitrogens with two attached hydrogens (primary N) is 1. The van der Waals surface area contributed by atoms with Crippen molar-refractivity contribution in [2.75, 3.05) is 12.8 Å². The summed E-state index contributed by atoms with van der Waals surface area (Å²) in [6.45, 7) is 0.403. The summed E-state index contributed by atoms with van der Waals surface area (Å²) in [6.07, 6.45) is 1.46. The average Bonchev–Trinajstić information content (AvgIpc) is 2.76. The number of anilines is 1. The molecule has 1 heterocycles. The molecular weight excluding hydrogens is 244 g/mol. The van der Waals surface area contributed by atoms with Crippen LogP contribution in [0.2, 0.25) is 0 Å². The van der Waals surface area contributed by atoms with E-state index in [1.54, 1.807) is 14.2 Å². The second-order valence-corrected chi connectivity index (χ2v) is 4.11. The van der Waals surface area contributed by atoms with Gasteiger partial charge in [0.15, 0.2) is 0 Å². The number of nitrogens with zero attached hydrogens (tertiary/aromatic N) is 2. The van der Waals surface area contributed by atoms with E-state index in [9.17, 15) is 4.79 Å². The Morgan fingerprint density at radius 3 is 2.95 bits per heavy atom. The highest BCUT2D eigenvalue weighted by molar-refractivity contribution is 5.97. The zero-order chi connectivity index (χ0) is 13.8. The predicted octanol–water partition coefficient (Wildman–Crippen LogP) is 0.941. The molecule has 100 valence electrons. The average molecular weight is 260 g/mol. The second kappa shape index (κ2) is 5.43. The van der Waals surface area contributed by atoms with Crippen molar-refractivity contribution in [1.82, 2.24) is 15.1 Å². The topological polar surface area (TPSA) is 82.2 Å². The molecule has 1 aromatic carbocycles. The Hall–Kier alpha value is -2.50. The molecule has 1 aromatic heterocycles. The predicted molar refractivity (Wildman–Crippen MR) is 71.8 cm³/mol. The lowest BCUT2D eigenvalue weighted by atomic mass is 10.2. The Kier molecular flexibility index (Phi) is 3.70. The molecule has 0 radical (unpaired) electrons. The number of rotatable bonds is 4. The summed E-state index contributed by atoms with van der Waals surface area (Å²) < 4.78 is 6.58. The van der Waals surface area contributed by atoms with Gasteiger partial charge < -0.3 is 15.8 Å². The summed E-state index contributed by atoms with van der Waals surface area (Å²) in [5.74, 6) is 0.507. The van der Waals surface area contributed by atoms with E-state index < -0.39 is 0 Å². The number of carbonyl (C=O) groups is 1. The van der Waals surface area contributed by atoms with Gasteiger partial charge in [-0.05, 0) is 17.7 Å². The Morgan fingerprint density at radius 2 is 2.32 bits per heavy atom.